The van der Waals surface area contributed by atoms with Crippen LogP contribution in [-0.4, -0.2) is 43.8 Å². The molecule has 0 bridgehead atoms. The fourth-order valence-electron chi connectivity index (χ4n) is 4.25. The molecule has 1 atom stereocenters. The van der Waals surface area contributed by atoms with Gasteiger partial charge in [0.2, 0.25) is 5.91 Å². The fraction of sp³-hybridized carbons (Fsp3) is 0.375. The van der Waals surface area contributed by atoms with Crippen LogP contribution in [0.3, 0.4) is 0 Å². The van der Waals surface area contributed by atoms with Gasteiger partial charge in [0.1, 0.15) is 13.2 Å². The van der Waals surface area contributed by atoms with E-state index in [1.54, 1.807) is 18.2 Å². The second-order valence-electron chi connectivity index (χ2n) is 7.81. The Labute approximate surface area is 186 Å². The molecule has 0 aromatic heterocycles. The summed E-state index contributed by atoms with van der Waals surface area (Å²) in [4.78, 5) is 14.9. The first kappa shape index (κ1) is 20.1. The summed E-state index contributed by atoms with van der Waals surface area (Å²) < 4.78 is 22.7. The van der Waals surface area contributed by atoms with E-state index >= 15 is 0 Å². The summed E-state index contributed by atoms with van der Waals surface area (Å²) in [5, 5.41) is 0.488. The van der Waals surface area contributed by atoms with Crippen LogP contribution in [0.2, 0.25) is 5.02 Å². The molecule has 0 saturated carbocycles. The number of hydrogen-bond donors (Lipinski definition) is 0. The van der Waals surface area contributed by atoms with Crippen LogP contribution < -0.4 is 18.9 Å². The van der Waals surface area contributed by atoms with E-state index < -0.39 is 0 Å². The number of carbonyl (C=O) groups excluding carboxylic acids is 1. The van der Waals surface area contributed by atoms with Crippen molar-refractivity contribution in [3.63, 3.8) is 0 Å². The Morgan fingerprint density at radius 1 is 0.935 bits per heavy atom. The van der Waals surface area contributed by atoms with E-state index in [2.05, 4.69) is 0 Å². The largest absolute Gasteiger partial charge is 0.489 e. The van der Waals surface area contributed by atoms with Crippen LogP contribution in [0.25, 0.3) is 6.08 Å². The number of ether oxygens (including phenoxy) is 4. The first-order valence-electron chi connectivity index (χ1n) is 10.7. The van der Waals surface area contributed by atoms with Crippen LogP contribution in [0.4, 0.5) is 0 Å². The lowest BCUT2D eigenvalue weighted by atomic mass is 10.0. The van der Waals surface area contributed by atoms with Gasteiger partial charge in [-0.05, 0) is 54.3 Å². The molecule has 0 aliphatic carbocycles. The van der Waals surface area contributed by atoms with E-state index in [0.717, 1.165) is 48.4 Å². The zero-order chi connectivity index (χ0) is 21.2. The summed E-state index contributed by atoms with van der Waals surface area (Å²) >= 11 is 6.37. The van der Waals surface area contributed by atoms with E-state index in [4.69, 9.17) is 30.5 Å². The third-order valence-corrected chi connectivity index (χ3v) is 6.01. The monoisotopic (exact) mass is 441 g/mol. The second-order valence-corrected chi connectivity index (χ2v) is 8.21. The zero-order valence-corrected chi connectivity index (χ0v) is 17.9. The molecule has 1 saturated heterocycles. The van der Waals surface area contributed by atoms with Crippen LogP contribution in [0.1, 0.15) is 36.4 Å². The highest BCUT2D eigenvalue weighted by molar-refractivity contribution is 6.32. The fourth-order valence-corrected chi connectivity index (χ4v) is 4.53. The molecule has 0 radical (unpaired) electrons. The summed E-state index contributed by atoms with van der Waals surface area (Å²) in [7, 11) is 0. The number of fused-ring (bicyclic) bond motifs is 2. The van der Waals surface area contributed by atoms with Gasteiger partial charge in [0.25, 0.3) is 0 Å². The highest BCUT2D eigenvalue weighted by atomic mass is 35.5. The molecule has 162 valence electrons. The molecule has 0 N–H and O–H groups in total. The lowest BCUT2D eigenvalue weighted by molar-refractivity contribution is -0.126. The van der Waals surface area contributed by atoms with Gasteiger partial charge < -0.3 is 23.8 Å². The lowest BCUT2D eigenvalue weighted by Gasteiger charge is -2.26. The molecule has 1 amide bonds. The van der Waals surface area contributed by atoms with Gasteiger partial charge in [0.05, 0.1) is 24.3 Å². The molecule has 3 aliphatic rings. The molecule has 1 fully saturated rings. The smallest absolute Gasteiger partial charge is 0.247 e. The van der Waals surface area contributed by atoms with Crippen LogP contribution in [0.5, 0.6) is 23.0 Å². The number of amides is 1. The number of halogens is 1. The summed E-state index contributed by atoms with van der Waals surface area (Å²) in [6, 6.07) is 9.63. The van der Waals surface area contributed by atoms with Crippen molar-refractivity contribution in [3.05, 3.63) is 52.6 Å². The third-order valence-electron chi connectivity index (χ3n) is 5.73. The molecule has 31 heavy (non-hydrogen) atoms. The number of hydrogen-bond acceptors (Lipinski definition) is 5. The standard InChI is InChI=1S/C24H24ClNO5/c25-18-13-16(14-22-24(18)31-10-2-9-28-22)4-7-23(27)26-8-1-3-19(26)17-5-6-20-21(15-17)30-12-11-29-20/h4-7,13-15,19H,1-3,8-12H2/b7-4+. The number of likely N-dealkylation sites (tertiary alicyclic amines) is 1. The van der Waals surface area contributed by atoms with Crippen molar-refractivity contribution in [2.45, 2.75) is 25.3 Å². The first-order chi connectivity index (χ1) is 15.2. The van der Waals surface area contributed by atoms with Gasteiger partial charge in [-0.15, -0.1) is 0 Å². The summed E-state index contributed by atoms with van der Waals surface area (Å²) in [6.07, 6.45) is 6.09. The Balaban J connectivity index is 1.33. The predicted molar refractivity (Wildman–Crippen MR) is 117 cm³/mol. The Morgan fingerprint density at radius 2 is 1.74 bits per heavy atom. The number of rotatable bonds is 3. The zero-order valence-electron chi connectivity index (χ0n) is 17.1. The maximum absolute atomic E-state index is 13.0. The third kappa shape index (κ3) is 4.17. The predicted octanol–water partition coefficient (Wildman–Crippen LogP) is 4.65. The van der Waals surface area contributed by atoms with Crippen LogP contribution in [0, 0.1) is 0 Å². The highest BCUT2D eigenvalue weighted by Gasteiger charge is 2.30. The molecule has 1 unspecified atom stereocenters. The average molecular weight is 442 g/mol. The molecule has 2 aromatic carbocycles. The molecule has 7 heteroatoms. The Hall–Kier alpha value is -2.86. The van der Waals surface area contributed by atoms with Crippen molar-refractivity contribution in [1.82, 2.24) is 4.90 Å². The average Bonchev–Trinajstić information content (AvgIpc) is 3.16. The summed E-state index contributed by atoms with van der Waals surface area (Å²) in [6.45, 7) is 3.00. The quantitative estimate of drug-likeness (QED) is 0.649. The highest BCUT2D eigenvalue weighted by Crippen LogP contribution is 2.39. The molecular weight excluding hydrogens is 418 g/mol. The van der Waals surface area contributed by atoms with E-state index in [0.29, 0.717) is 42.9 Å². The minimum atomic E-state index is -0.0272. The van der Waals surface area contributed by atoms with E-state index in [1.165, 1.54) is 0 Å². The van der Waals surface area contributed by atoms with Crippen LogP contribution >= 0.6 is 11.6 Å². The lowest BCUT2D eigenvalue weighted by Crippen LogP contribution is -2.29. The van der Waals surface area contributed by atoms with Gasteiger partial charge >= 0.3 is 0 Å². The van der Waals surface area contributed by atoms with Gasteiger partial charge in [0.15, 0.2) is 23.0 Å². The Bertz CT molecular complexity index is 1020. The maximum Gasteiger partial charge on any atom is 0.247 e. The van der Waals surface area contributed by atoms with Crippen molar-refractivity contribution in [2.24, 2.45) is 0 Å². The van der Waals surface area contributed by atoms with Crippen molar-refractivity contribution >= 4 is 23.6 Å². The van der Waals surface area contributed by atoms with E-state index in [-0.39, 0.29) is 11.9 Å². The van der Waals surface area contributed by atoms with Gasteiger partial charge in [-0.3, -0.25) is 4.79 Å². The van der Waals surface area contributed by atoms with E-state index in [1.807, 2.05) is 29.2 Å². The van der Waals surface area contributed by atoms with Crippen molar-refractivity contribution in [3.8, 4) is 23.0 Å². The van der Waals surface area contributed by atoms with Crippen LogP contribution in [-0.2, 0) is 4.79 Å². The van der Waals surface area contributed by atoms with Crippen LogP contribution in [0.15, 0.2) is 36.4 Å². The van der Waals surface area contributed by atoms with Gasteiger partial charge in [0, 0.05) is 19.0 Å². The minimum absolute atomic E-state index is 0.0272. The number of carbonyl (C=O) groups is 1. The maximum atomic E-state index is 13.0. The van der Waals surface area contributed by atoms with E-state index in [9.17, 15) is 4.79 Å². The molecule has 5 rings (SSSR count). The van der Waals surface area contributed by atoms with Crippen molar-refractivity contribution in [2.75, 3.05) is 33.0 Å². The SMILES string of the molecule is O=C(/C=C/c1cc(Cl)c2c(c1)OCCCO2)N1CCCC1c1ccc2c(c1)OCCO2. The normalized spacial score (nSPS) is 20.0. The molecule has 6 nitrogen and oxygen atoms in total. The van der Waals surface area contributed by atoms with Gasteiger partial charge in [-0.1, -0.05) is 17.7 Å². The Kier molecular flexibility index (Phi) is 5.64. The van der Waals surface area contributed by atoms with Crippen molar-refractivity contribution < 1.29 is 23.7 Å². The molecular formula is C24H24ClNO5. The molecule has 0 spiro atoms. The number of nitrogens with zero attached hydrogens (tertiary/aromatic N) is 1. The first-order valence-corrected chi connectivity index (χ1v) is 11.0. The van der Waals surface area contributed by atoms with Gasteiger partial charge in [-0.25, -0.2) is 0 Å². The second kappa shape index (κ2) is 8.71. The molecule has 2 aromatic rings. The molecule has 3 aliphatic heterocycles. The number of benzene rings is 2. The topological polar surface area (TPSA) is 57.2 Å². The summed E-state index contributed by atoms with van der Waals surface area (Å²) in [5.74, 6) is 2.67. The summed E-state index contributed by atoms with van der Waals surface area (Å²) in [5.41, 5.74) is 1.87. The Morgan fingerprint density at radius 3 is 2.65 bits per heavy atom. The van der Waals surface area contributed by atoms with Gasteiger partial charge in [-0.2, -0.15) is 0 Å². The molecule has 3 heterocycles. The minimum Gasteiger partial charge on any atom is -0.489 e. The van der Waals surface area contributed by atoms with Crippen molar-refractivity contribution in [1.29, 1.82) is 0 Å².